The van der Waals surface area contributed by atoms with Crippen LogP contribution in [-0.4, -0.2) is 29.1 Å². The van der Waals surface area contributed by atoms with Crippen molar-refractivity contribution in [1.82, 2.24) is 10.3 Å². The van der Waals surface area contributed by atoms with Gasteiger partial charge in [-0.15, -0.1) is 11.3 Å². The van der Waals surface area contributed by atoms with E-state index in [1.807, 2.05) is 5.38 Å². The molecule has 1 aromatic heterocycles. The van der Waals surface area contributed by atoms with Crippen molar-refractivity contribution >= 4 is 22.4 Å². The minimum Gasteiger partial charge on any atom is -0.375 e. The molecule has 1 atom stereocenters. The number of anilines is 1. The van der Waals surface area contributed by atoms with Gasteiger partial charge in [0.1, 0.15) is 0 Å². The van der Waals surface area contributed by atoms with Gasteiger partial charge in [-0.3, -0.25) is 4.79 Å². The zero-order valence-electron chi connectivity index (χ0n) is 12.1. The number of ether oxygens (including phenoxy) is 1. The van der Waals surface area contributed by atoms with Crippen molar-refractivity contribution in [3.63, 3.8) is 0 Å². The number of nitrogens with zero attached hydrogens (tertiary/aromatic N) is 1. The van der Waals surface area contributed by atoms with Crippen LogP contribution in [0.3, 0.4) is 0 Å². The lowest BCUT2D eigenvalue weighted by Crippen LogP contribution is -2.48. The molecule has 6 heteroatoms. The molecule has 112 valence electrons. The zero-order chi connectivity index (χ0) is 14.6. The van der Waals surface area contributed by atoms with Crippen LogP contribution < -0.4 is 11.1 Å². The SMILES string of the molecule is CCC1(CC)CC(NC(=O)Cc2csc(N)n2)CCO1. The third kappa shape index (κ3) is 3.70. The number of hydrogen-bond acceptors (Lipinski definition) is 5. The second kappa shape index (κ2) is 6.54. The highest BCUT2D eigenvalue weighted by Gasteiger charge is 2.34. The van der Waals surface area contributed by atoms with Gasteiger partial charge in [0.15, 0.2) is 5.13 Å². The van der Waals surface area contributed by atoms with E-state index in [0.29, 0.717) is 11.6 Å². The maximum Gasteiger partial charge on any atom is 0.226 e. The molecule has 1 aromatic rings. The molecule has 1 unspecified atom stereocenters. The van der Waals surface area contributed by atoms with E-state index in [1.54, 1.807) is 0 Å². The van der Waals surface area contributed by atoms with Crippen molar-refractivity contribution < 1.29 is 9.53 Å². The fourth-order valence-electron chi connectivity index (χ4n) is 2.74. The van der Waals surface area contributed by atoms with Gasteiger partial charge in [0.2, 0.25) is 5.91 Å². The van der Waals surface area contributed by atoms with Crippen molar-refractivity contribution in [3.05, 3.63) is 11.1 Å². The number of nitrogen functional groups attached to an aromatic ring is 1. The maximum atomic E-state index is 12.0. The molecule has 2 heterocycles. The van der Waals surface area contributed by atoms with Crippen LogP contribution in [0.5, 0.6) is 0 Å². The number of rotatable bonds is 5. The van der Waals surface area contributed by atoms with Crippen LogP contribution in [0.2, 0.25) is 0 Å². The standard InChI is InChI=1S/C14H23N3O2S/c1-3-14(4-2)8-10(5-6-19-14)16-12(18)7-11-9-20-13(15)17-11/h9-10H,3-8H2,1-2H3,(H2,15,17)(H,16,18). The van der Waals surface area contributed by atoms with Gasteiger partial charge in [0.05, 0.1) is 17.7 Å². The van der Waals surface area contributed by atoms with Gasteiger partial charge in [0, 0.05) is 18.0 Å². The van der Waals surface area contributed by atoms with E-state index in [9.17, 15) is 4.79 Å². The van der Waals surface area contributed by atoms with E-state index in [2.05, 4.69) is 24.1 Å². The molecule has 0 aliphatic carbocycles. The van der Waals surface area contributed by atoms with Crippen LogP contribution in [0.1, 0.15) is 45.2 Å². The average Bonchev–Trinajstić information content (AvgIpc) is 2.84. The van der Waals surface area contributed by atoms with E-state index in [1.165, 1.54) is 11.3 Å². The lowest BCUT2D eigenvalue weighted by Gasteiger charge is -2.40. The van der Waals surface area contributed by atoms with Crippen molar-refractivity contribution in [2.24, 2.45) is 0 Å². The summed E-state index contributed by atoms with van der Waals surface area (Å²) in [5.74, 6) is 0.0170. The fraction of sp³-hybridized carbons (Fsp3) is 0.714. The molecule has 1 fully saturated rings. The summed E-state index contributed by atoms with van der Waals surface area (Å²) in [6, 6.07) is 0.201. The van der Waals surface area contributed by atoms with E-state index in [4.69, 9.17) is 10.5 Å². The highest BCUT2D eigenvalue weighted by Crippen LogP contribution is 2.31. The summed E-state index contributed by atoms with van der Waals surface area (Å²) < 4.78 is 5.92. The molecular formula is C14H23N3O2S. The van der Waals surface area contributed by atoms with Crippen LogP contribution in [0.15, 0.2) is 5.38 Å². The van der Waals surface area contributed by atoms with Crippen LogP contribution in [0.4, 0.5) is 5.13 Å². The van der Waals surface area contributed by atoms with Crippen molar-refractivity contribution in [2.45, 2.75) is 57.6 Å². The molecule has 1 aliphatic heterocycles. The Bertz CT molecular complexity index is 457. The predicted molar refractivity (Wildman–Crippen MR) is 80.7 cm³/mol. The molecule has 3 N–H and O–H groups in total. The van der Waals surface area contributed by atoms with Gasteiger partial charge >= 0.3 is 0 Å². The number of aromatic nitrogens is 1. The zero-order valence-corrected chi connectivity index (χ0v) is 13.0. The van der Waals surface area contributed by atoms with Gasteiger partial charge in [-0.2, -0.15) is 0 Å². The van der Waals surface area contributed by atoms with Crippen LogP contribution in [0, 0.1) is 0 Å². The molecule has 0 aromatic carbocycles. The quantitative estimate of drug-likeness (QED) is 0.872. The molecule has 0 bridgehead atoms. The Balaban J connectivity index is 1.87. The largest absolute Gasteiger partial charge is 0.375 e. The first-order valence-electron chi connectivity index (χ1n) is 7.20. The van der Waals surface area contributed by atoms with E-state index >= 15 is 0 Å². The number of hydrogen-bond donors (Lipinski definition) is 2. The monoisotopic (exact) mass is 297 g/mol. The Labute approximate surface area is 123 Å². The van der Waals surface area contributed by atoms with Crippen LogP contribution >= 0.6 is 11.3 Å². The summed E-state index contributed by atoms with van der Waals surface area (Å²) in [6.45, 7) is 5.01. The van der Waals surface area contributed by atoms with Gasteiger partial charge in [-0.05, 0) is 25.7 Å². The normalized spacial score (nSPS) is 21.6. The Kier molecular flexibility index (Phi) is 4.99. The minimum absolute atomic E-state index is 0.0170. The molecule has 5 nitrogen and oxygen atoms in total. The molecule has 1 amide bonds. The molecule has 2 rings (SSSR count). The third-order valence-electron chi connectivity index (χ3n) is 4.06. The fourth-order valence-corrected chi connectivity index (χ4v) is 3.30. The van der Waals surface area contributed by atoms with Crippen molar-refractivity contribution in [1.29, 1.82) is 0 Å². The summed E-state index contributed by atoms with van der Waals surface area (Å²) in [5.41, 5.74) is 6.25. The van der Waals surface area contributed by atoms with E-state index < -0.39 is 0 Å². The first-order chi connectivity index (χ1) is 9.57. The van der Waals surface area contributed by atoms with E-state index in [0.717, 1.165) is 38.0 Å². The Morgan fingerprint density at radius 3 is 2.95 bits per heavy atom. The molecule has 0 saturated carbocycles. The Morgan fingerprint density at radius 2 is 2.35 bits per heavy atom. The summed E-state index contributed by atoms with van der Waals surface area (Å²) in [5, 5.41) is 5.45. The first kappa shape index (κ1) is 15.3. The molecular weight excluding hydrogens is 274 g/mol. The molecule has 0 radical (unpaired) electrons. The summed E-state index contributed by atoms with van der Waals surface area (Å²) in [4.78, 5) is 16.2. The number of nitrogens with one attached hydrogen (secondary N) is 1. The van der Waals surface area contributed by atoms with E-state index in [-0.39, 0.29) is 17.6 Å². The Morgan fingerprint density at radius 1 is 1.60 bits per heavy atom. The lowest BCUT2D eigenvalue weighted by molar-refractivity contribution is -0.125. The number of nitrogens with two attached hydrogens (primary N) is 1. The average molecular weight is 297 g/mol. The second-order valence-electron chi connectivity index (χ2n) is 5.35. The summed E-state index contributed by atoms with van der Waals surface area (Å²) in [7, 11) is 0. The van der Waals surface area contributed by atoms with Gasteiger partial charge in [-0.1, -0.05) is 13.8 Å². The minimum atomic E-state index is -0.0682. The van der Waals surface area contributed by atoms with Crippen molar-refractivity contribution in [3.8, 4) is 0 Å². The Hall–Kier alpha value is -1.14. The van der Waals surface area contributed by atoms with Gasteiger partial charge < -0.3 is 15.8 Å². The number of thiazole rings is 1. The number of carbonyl (C=O) groups excluding carboxylic acids is 1. The maximum absolute atomic E-state index is 12.0. The molecule has 0 spiro atoms. The predicted octanol–water partition coefficient (Wildman–Crippen LogP) is 2.12. The highest BCUT2D eigenvalue weighted by atomic mass is 32.1. The summed E-state index contributed by atoms with van der Waals surface area (Å²) >= 11 is 1.37. The lowest BCUT2D eigenvalue weighted by atomic mass is 9.86. The topological polar surface area (TPSA) is 77.2 Å². The van der Waals surface area contributed by atoms with Gasteiger partial charge in [-0.25, -0.2) is 4.98 Å². The third-order valence-corrected chi connectivity index (χ3v) is 4.78. The molecule has 1 saturated heterocycles. The van der Waals surface area contributed by atoms with Gasteiger partial charge in [0.25, 0.3) is 0 Å². The molecule has 20 heavy (non-hydrogen) atoms. The number of carbonyl (C=O) groups is 1. The smallest absolute Gasteiger partial charge is 0.226 e. The summed E-state index contributed by atoms with van der Waals surface area (Å²) in [6.07, 6.45) is 4.05. The first-order valence-corrected chi connectivity index (χ1v) is 8.08. The number of amides is 1. The van der Waals surface area contributed by atoms with Crippen LogP contribution in [0.25, 0.3) is 0 Å². The van der Waals surface area contributed by atoms with Crippen molar-refractivity contribution in [2.75, 3.05) is 12.3 Å². The van der Waals surface area contributed by atoms with Crippen LogP contribution in [-0.2, 0) is 16.0 Å². The second-order valence-corrected chi connectivity index (χ2v) is 6.24. The highest BCUT2D eigenvalue weighted by molar-refractivity contribution is 7.13. The molecule has 1 aliphatic rings.